The van der Waals surface area contributed by atoms with Crippen LogP contribution in [0.3, 0.4) is 0 Å². The summed E-state index contributed by atoms with van der Waals surface area (Å²) in [6.45, 7) is 2.43. The van der Waals surface area contributed by atoms with Gasteiger partial charge in [0.1, 0.15) is 6.10 Å². The van der Waals surface area contributed by atoms with Crippen LogP contribution >= 0.6 is 0 Å². The number of piperidine rings is 2. The molecule has 2 aliphatic rings. The van der Waals surface area contributed by atoms with Gasteiger partial charge in [-0.15, -0.1) is 0 Å². The molecule has 146 valence electrons. The third kappa shape index (κ3) is 4.46. The van der Waals surface area contributed by atoms with Crippen molar-refractivity contribution in [3.63, 3.8) is 0 Å². The zero-order valence-electron chi connectivity index (χ0n) is 14.3. The maximum absolute atomic E-state index is 12.9. The van der Waals surface area contributed by atoms with Crippen molar-refractivity contribution < 1.29 is 28.5 Å². The average molecular weight is 375 g/mol. The van der Waals surface area contributed by atoms with E-state index >= 15 is 0 Å². The maximum Gasteiger partial charge on any atom is 0.417 e. The van der Waals surface area contributed by atoms with Crippen molar-refractivity contribution in [1.82, 2.24) is 9.88 Å². The Kier molecular flexibility index (Phi) is 5.71. The number of likely N-dealkylation sites (tertiary alicyclic amines) is 1. The van der Waals surface area contributed by atoms with Crippen molar-refractivity contribution >= 4 is 5.69 Å². The van der Waals surface area contributed by atoms with E-state index in [1.165, 1.54) is 6.20 Å². The lowest BCUT2D eigenvalue weighted by molar-refractivity contribution is -0.137. The van der Waals surface area contributed by atoms with Gasteiger partial charge in [0, 0.05) is 38.9 Å². The van der Waals surface area contributed by atoms with Gasteiger partial charge in [-0.3, -0.25) is 9.88 Å². The lowest BCUT2D eigenvalue weighted by Gasteiger charge is -2.41. The topological polar surface area (TPSA) is 80.1 Å². The molecule has 26 heavy (non-hydrogen) atoms. The first-order valence-electron chi connectivity index (χ1n) is 8.78. The number of aromatic nitrogens is 1. The van der Waals surface area contributed by atoms with Crippen molar-refractivity contribution in [3.05, 3.63) is 24.0 Å². The lowest BCUT2D eigenvalue weighted by atomic mass is 9.94. The standard InChI is InChI=1S/C17H24F3N3O3/c18-17(19,20)12-4-13(6-21-5-12)23-3-1-2-11(8-23)7-22-9-14(24)16(26)15(25)10-22/h4-6,11,14-16,24-26H,1-3,7-10H2/t11-,14?,15?,16?/m0/s1. The molecule has 2 saturated heterocycles. The van der Waals surface area contributed by atoms with Gasteiger partial charge < -0.3 is 20.2 Å². The molecule has 6 nitrogen and oxygen atoms in total. The molecule has 3 rings (SSSR count). The van der Waals surface area contributed by atoms with Crippen LogP contribution in [0.1, 0.15) is 18.4 Å². The van der Waals surface area contributed by atoms with Crippen LogP contribution in [0, 0.1) is 5.92 Å². The first-order valence-corrected chi connectivity index (χ1v) is 8.78. The molecule has 2 fully saturated rings. The van der Waals surface area contributed by atoms with E-state index in [0.717, 1.165) is 25.1 Å². The van der Waals surface area contributed by atoms with Crippen molar-refractivity contribution in [2.45, 2.75) is 37.3 Å². The molecule has 0 saturated carbocycles. The third-order valence-electron chi connectivity index (χ3n) is 5.13. The fourth-order valence-corrected chi connectivity index (χ4v) is 3.79. The molecule has 0 aromatic carbocycles. The minimum Gasteiger partial charge on any atom is -0.389 e. The van der Waals surface area contributed by atoms with Crippen molar-refractivity contribution in [2.24, 2.45) is 5.92 Å². The van der Waals surface area contributed by atoms with E-state index in [4.69, 9.17) is 0 Å². The monoisotopic (exact) mass is 375 g/mol. The van der Waals surface area contributed by atoms with Gasteiger partial charge in [-0.2, -0.15) is 13.2 Å². The Hall–Kier alpha value is -1.42. The van der Waals surface area contributed by atoms with E-state index in [2.05, 4.69) is 4.98 Å². The Morgan fingerprint density at radius 3 is 2.42 bits per heavy atom. The smallest absolute Gasteiger partial charge is 0.389 e. The second-order valence-corrected chi connectivity index (χ2v) is 7.23. The van der Waals surface area contributed by atoms with Crippen LogP contribution in [0.2, 0.25) is 0 Å². The molecule has 0 spiro atoms. The Bertz CT molecular complexity index is 604. The fourth-order valence-electron chi connectivity index (χ4n) is 3.79. The molecule has 9 heteroatoms. The van der Waals surface area contributed by atoms with Crippen LogP contribution in [0.5, 0.6) is 0 Å². The highest BCUT2D eigenvalue weighted by molar-refractivity contribution is 5.47. The number of aliphatic hydroxyl groups excluding tert-OH is 3. The predicted molar refractivity (Wildman–Crippen MR) is 88.6 cm³/mol. The first-order chi connectivity index (χ1) is 12.2. The average Bonchev–Trinajstić information content (AvgIpc) is 2.59. The summed E-state index contributed by atoms with van der Waals surface area (Å²) in [5, 5.41) is 29.2. The normalized spacial score (nSPS) is 31.2. The molecule has 3 heterocycles. The van der Waals surface area contributed by atoms with Gasteiger partial charge in [0.05, 0.1) is 29.7 Å². The molecule has 0 radical (unpaired) electrons. The molecule has 2 aliphatic heterocycles. The molecule has 3 atom stereocenters. The summed E-state index contributed by atoms with van der Waals surface area (Å²) in [7, 11) is 0. The number of hydrogen-bond donors (Lipinski definition) is 3. The van der Waals surface area contributed by atoms with Gasteiger partial charge in [0.2, 0.25) is 0 Å². The second kappa shape index (κ2) is 7.67. The largest absolute Gasteiger partial charge is 0.417 e. The number of pyridine rings is 1. The summed E-state index contributed by atoms with van der Waals surface area (Å²) in [6.07, 6.45) is -3.49. The second-order valence-electron chi connectivity index (χ2n) is 7.23. The molecule has 0 amide bonds. The molecule has 0 aliphatic carbocycles. The van der Waals surface area contributed by atoms with Gasteiger partial charge in [-0.1, -0.05) is 0 Å². The number of rotatable bonds is 3. The highest BCUT2D eigenvalue weighted by Gasteiger charge is 2.35. The van der Waals surface area contributed by atoms with Crippen LogP contribution in [-0.2, 0) is 6.18 Å². The zero-order valence-corrected chi connectivity index (χ0v) is 14.3. The number of halogens is 3. The van der Waals surface area contributed by atoms with Crippen LogP contribution in [0.4, 0.5) is 18.9 Å². The van der Waals surface area contributed by atoms with Crippen molar-refractivity contribution in [1.29, 1.82) is 0 Å². The number of alkyl halides is 3. The highest BCUT2D eigenvalue weighted by Crippen LogP contribution is 2.32. The lowest BCUT2D eigenvalue weighted by Crippen LogP contribution is -2.56. The molecular formula is C17H24F3N3O3. The van der Waals surface area contributed by atoms with E-state index in [-0.39, 0.29) is 19.0 Å². The van der Waals surface area contributed by atoms with E-state index < -0.39 is 30.1 Å². The van der Waals surface area contributed by atoms with E-state index in [1.807, 2.05) is 9.80 Å². The minimum atomic E-state index is -4.42. The van der Waals surface area contributed by atoms with Crippen LogP contribution in [0.15, 0.2) is 18.5 Å². The Balaban J connectivity index is 1.63. The molecule has 2 unspecified atom stereocenters. The van der Waals surface area contributed by atoms with Crippen LogP contribution in [0.25, 0.3) is 0 Å². The maximum atomic E-state index is 12.9. The summed E-state index contributed by atoms with van der Waals surface area (Å²) < 4.78 is 38.7. The fraction of sp³-hybridized carbons (Fsp3) is 0.706. The van der Waals surface area contributed by atoms with Crippen LogP contribution in [-0.4, -0.2) is 76.2 Å². The number of β-amino-alcohol motifs (C(OH)–C–C–N with tert-alkyl or cyclic N) is 2. The minimum absolute atomic E-state index is 0.202. The summed E-state index contributed by atoms with van der Waals surface area (Å²) in [5.41, 5.74) is -0.299. The molecule has 3 N–H and O–H groups in total. The predicted octanol–water partition coefficient (Wildman–Crippen LogP) is 0.715. The van der Waals surface area contributed by atoms with Crippen molar-refractivity contribution in [2.75, 3.05) is 37.6 Å². The van der Waals surface area contributed by atoms with Crippen LogP contribution < -0.4 is 4.90 Å². The first kappa shape index (κ1) is 19.3. The third-order valence-corrected chi connectivity index (χ3v) is 5.13. The number of aliphatic hydroxyl groups is 3. The van der Waals surface area contributed by atoms with Gasteiger partial charge in [-0.25, -0.2) is 0 Å². The van der Waals surface area contributed by atoms with Gasteiger partial charge >= 0.3 is 6.18 Å². The Morgan fingerprint density at radius 1 is 1.08 bits per heavy atom. The highest BCUT2D eigenvalue weighted by atomic mass is 19.4. The van der Waals surface area contributed by atoms with Gasteiger partial charge in [0.15, 0.2) is 0 Å². The van der Waals surface area contributed by atoms with E-state index in [9.17, 15) is 28.5 Å². The van der Waals surface area contributed by atoms with Gasteiger partial charge in [0.25, 0.3) is 0 Å². The van der Waals surface area contributed by atoms with E-state index in [0.29, 0.717) is 25.3 Å². The van der Waals surface area contributed by atoms with Crippen molar-refractivity contribution in [3.8, 4) is 0 Å². The summed E-state index contributed by atoms with van der Waals surface area (Å²) >= 11 is 0. The number of hydrogen-bond acceptors (Lipinski definition) is 6. The molecule has 1 aromatic rings. The summed E-state index contributed by atoms with van der Waals surface area (Å²) in [6, 6.07) is 1.13. The Labute approximate surface area is 149 Å². The zero-order chi connectivity index (χ0) is 18.9. The Morgan fingerprint density at radius 2 is 1.77 bits per heavy atom. The quantitative estimate of drug-likeness (QED) is 0.722. The van der Waals surface area contributed by atoms with E-state index in [1.54, 1.807) is 0 Å². The summed E-state index contributed by atoms with van der Waals surface area (Å²) in [4.78, 5) is 7.54. The summed E-state index contributed by atoms with van der Waals surface area (Å²) in [5.74, 6) is 0.202. The molecule has 1 aromatic heterocycles. The molecule has 0 bridgehead atoms. The number of nitrogens with zero attached hydrogens (tertiary/aromatic N) is 3. The van der Waals surface area contributed by atoms with Gasteiger partial charge in [-0.05, 0) is 24.8 Å². The number of anilines is 1. The molecular weight excluding hydrogens is 351 g/mol. The SMILES string of the molecule is OC1CN(C[C@@H]2CCCN(c3cncc(C(F)(F)F)c3)C2)CC(O)C1O.